The summed E-state index contributed by atoms with van der Waals surface area (Å²) in [5.41, 5.74) is 5.32. The van der Waals surface area contributed by atoms with Crippen LogP contribution in [0.1, 0.15) is 25.3 Å². The molecule has 3 N–H and O–H groups in total. The van der Waals surface area contributed by atoms with Gasteiger partial charge in [0.25, 0.3) is 0 Å². The molecule has 2 rings (SSSR count). The number of nitrogens with one attached hydrogen (secondary N) is 1. The van der Waals surface area contributed by atoms with E-state index in [1.807, 2.05) is 0 Å². The van der Waals surface area contributed by atoms with Gasteiger partial charge in [0.1, 0.15) is 0 Å². The molecule has 0 amide bonds. The summed E-state index contributed by atoms with van der Waals surface area (Å²) in [4.78, 5) is 11.4. The molecule has 0 unspecified atom stereocenters. The number of thioether (sulfide) groups is 1. The maximum Gasteiger partial charge on any atom is 0.344 e. The lowest BCUT2D eigenvalue weighted by Crippen LogP contribution is -2.16. The van der Waals surface area contributed by atoms with Gasteiger partial charge in [0.15, 0.2) is 5.16 Å². The van der Waals surface area contributed by atoms with Crippen LogP contribution in [-0.2, 0) is 0 Å². The van der Waals surface area contributed by atoms with Crippen molar-refractivity contribution in [2.45, 2.75) is 30.5 Å². The van der Waals surface area contributed by atoms with Gasteiger partial charge in [0.2, 0.25) is 0 Å². The average Bonchev–Trinajstić information content (AvgIpc) is 2.93. The van der Waals surface area contributed by atoms with Crippen molar-refractivity contribution < 1.29 is 0 Å². The summed E-state index contributed by atoms with van der Waals surface area (Å²) in [5, 5.41) is 7.30. The lowest BCUT2D eigenvalue weighted by Gasteiger charge is -2.01. The summed E-state index contributed by atoms with van der Waals surface area (Å²) >= 11 is 1.60. The van der Waals surface area contributed by atoms with Crippen LogP contribution in [0.15, 0.2) is 9.95 Å². The van der Waals surface area contributed by atoms with E-state index in [4.69, 9.17) is 5.73 Å². The first-order chi connectivity index (χ1) is 6.83. The quantitative estimate of drug-likeness (QED) is 0.547. The molecule has 1 aliphatic rings. The number of rotatable bonds is 5. The zero-order chi connectivity index (χ0) is 9.97. The Kier molecular flexibility index (Phi) is 2.93. The zero-order valence-electron chi connectivity index (χ0n) is 7.90. The van der Waals surface area contributed by atoms with Crippen LogP contribution in [0.5, 0.6) is 0 Å². The van der Waals surface area contributed by atoms with Gasteiger partial charge in [0, 0.05) is 11.8 Å². The van der Waals surface area contributed by atoms with Crippen LogP contribution in [-0.4, -0.2) is 27.1 Å². The van der Waals surface area contributed by atoms with Gasteiger partial charge in [-0.05, 0) is 25.8 Å². The van der Waals surface area contributed by atoms with E-state index in [0.29, 0.717) is 12.6 Å². The van der Waals surface area contributed by atoms with Crippen molar-refractivity contribution in [1.29, 1.82) is 0 Å². The van der Waals surface area contributed by atoms with Gasteiger partial charge in [-0.3, -0.25) is 4.57 Å². The number of H-pyrrole nitrogens is 1. The number of hydrogen-bond acceptors (Lipinski definition) is 4. The fourth-order valence-corrected chi connectivity index (χ4v) is 2.27. The SMILES string of the molecule is NCCCSc1n[nH]c(=O)n1C1CC1. The minimum atomic E-state index is -0.0808. The second-order valence-corrected chi connectivity index (χ2v) is 4.47. The fraction of sp³-hybridized carbons (Fsp3) is 0.750. The van der Waals surface area contributed by atoms with Crippen LogP contribution in [0.3, 0.4) is 0 Å². The Labute approximate surface area is 86.1 Å². The topological polar surface area (TPSA) is 76.7 Å². The van der Waals surface area contributed by atoms with Crippen molar-refractivity contribution in [3.63, 3.8) is 0 Å². The second-order valence-electron chi connectivity index (χ2n) is 3.40. The molecule has 1 heterocycles. The average molecular weight is 214 g/mol. The molecule has 0 radical (unpaired) electrons. The molecule has 5 nitrogen and oxygen atoms in total. The van der Waals surface area contributed by atoms with Crippen LogP contribution in [0.4, 0.5) is 0 Å². The molecule has 0 atom stereocenters. The van der Waals surface area contributed by atoms with Gasteiger partial charge in [0.05, 0.1) is 0 Å². The second kappa shape index (κ2) is 4.18. The van der Waals surface area contributed by atoms with Gasteiger partial charge in [-0.25, -0.2) is 9.89 Å². The smallest absolute Gasteiger partial charge is 0.330 e. The summed E-state index contributed by atoms with van der Waals surface area (Å²) < 4.78 is 1.77. The van der Waals surface area contributed by atoms with Crippen LogP contribution in [0.25, 0.3) is 0 Å². The Morgan fingerprint density at radius 3 is 3.07 bits per heavy atom. The molecule has 1 aliphatic carbocycles. The molecule has 1 aromatic heterocycles. The summed E-state index contributed by atoms with van der Waals surface area (Å²) in [7, 11) is 0. The summed E-state index contributed by atoms with van der Waals surface area (Å²) in [6, 6.07) is 0.390. The standard InChI is InChI=1S/C8H14N4OS/c9-4-1-5-14-8-11-10-7(13)12(8)6-2-3-6/h6H,1-5,9H2,(H,10,13). The van der Waals surface area contributed by atoms with Crippen molar-refractivity contribution >= 4 is 11.8 Å². The van der Waals surface area contributed by atoms with Crippen molar-refractivity contribution in [3.05, 3.63) is 10.5 Å². The van der Waals surface area contributed by atoms with Gasteiger partial charge in [-0.1, -0.05) is 11.8 Å². The first kappa shape index (κ1) is 9.79. The molecule has 0 saturated heterocycles. The van der Waals surface area contributed by atoms with Crippen molar-refractivity contribution in [2.24, 2.45) is 5.73 Å². The number of aromatic nitrogens is 3. The van der Waals surface area contributed by atoms with Crippen LogP contribution >= 0.6 is 11.8 Å². The van der Waals surface area contributed by atoms with Gasteiger partial charge in [-0.2, -0.15) is 0 Å². The van der Waals surface area contributed by atoms with Gasteiger partial charge in [-0.15, -0.1) is 5.10 Å². The predicted molar refractivity (Wildman–Crippen MR) is 55.5 cm³/mol. The lowest BCUT2D eigenvalue weighted by atomic mass is 10.5. The molecule has 0 spiro atoms. The minimum Gasteiger partial charge on any atom is -0.330 e. The van der Waals surface area contributed by atoms with Crippen molar-refractivity contribution in [3.8, 4) is 0 Å². The van der Waals surface area contributed by atoms with Crippen LogP contribution in [0, 0.1) is 0 Å². The molecule has 1 aromatic rings. The van der Waals surface area contributed by atoms with Gasteiger partial charge >= 0.3 is 5.69 Å². The Hall–Kier alpha value is -0.750. The molecule has 78 valence electrons. The fourth-order valence-electron chi connectivity index (χ4n) is 1.29. The van der Waals surface area contributed by atoms with E-state index in [9.17, 15) is 4.79 Å². The highest BCUT2D eigenvalue weighted by Crippen LogP contribution is 2.35. The number of aromatic amines is 1. The predicted octanol–water partition coefficient (Wildman–Crippen LogP) is 0.347. The Morgan fingerprint density at radius 2 is 2.43 bits per heavy atom. The highest BCUT2D eigenvalue weighted by molar-refractivity contribution is 7.99. The number of hydrogen-bond donors (Lipinski definition) is 2. The van der Waals surface area contributed by atoms with E-state index in [1.165, 1.54) is 0 Å². The summed E-state index contributed by atoms with van der Waals surface area (Å²) in [6.07, 6.45) is 3.16. The normalized spacial score (nSPS) is 16.1. The molecule has 1 saturated carbocycles. The maximum absolute atomic E-state index is 11.4. The van der Waals surface area contributed by atoms with Crippen LogP contribution < -0.4 is 11.4 Å². The van der Waals surface area contributed by atoms with Crippen LogP contribution in [0.2, 0.25) is 0 Å². The molecule has 0 bridgehead atoms. The Bertz CT molecular complexity index is 354. The zero-order valence-corrected chi connectivity index (χ0v) is 8.72. The molecule has 6 heteroatoms. The molecule has 0 aliphatic heterocycles. The van der Waals surface area contributed by atoms with E-state index in [-0.39, 0.29) is 5.69 Å². The molecule has 14 heavy (non-hydrogen) atoms. The van der Waals surface area contributed by atoms with Crippen molar-refractivity contribution in [1.82, 2.24) is 14.8 Å². The highest BCUT2D eigenvalue weighted by Gasteiger charge is 2.28. The first-order valence-corrected chi connectivity index (χ1v) is 5.81. The van der Waals surface area contributed by atoms with E-state index >= 15 is 0 Å². The first-order valence-electron chi connectivity index (χ1n) is 4.82. The Morgan fingerprint density at radius 1 is 1.64 bits per heavy atom. The number of nitrogens with two attached hydrogens (primary N) is 1. The molecule has 1 fully saturated rings. The van der Waals surface area contributed by atoms with Crippen molar-refractivity contribution in [2.75, 3.05) is 12.3 Å². The van der Waals surface area contributed by atoms with E-state index in [0.717, 1.165) is 30.2 Å². The van der Waals surface area contributed by atoms with E-state index in [1.54, 1.807) is 16.3 Å². The molecule has 0 aromatic carbocycles. The third kappa shape index (κ3) is 2.01. The summed E-state index contributed by atoms with van der Waals surface area (Å²) in [5.74, 6) is 0.924. The van der Waals surface area contributed by atoms with E-state index in [2.05, 4.69) is 10.2 Å². The molecular formula is C8H14N4OS. The van der Waals surface area contributed by atoms with E-state index < -0.39 is 0 Å². The Balaban J connectivity index is 2.05. The monoisotopic (exact) mass is 214 g/mol. The summed E-state index contributed by atoms with van der Waals surface area (Å²) in [6.45, 7) is 0.686. The number of nitrogens with zero attached hydrogens (tertiary/aromatic N) is 2. The minimum absolute atomic E-state index is 0.0808. The lowest BCUT2D eigenvalue weighted by molar-refractivity contribution is 0.642. The third-order valence-corrected chi connectivity index (χ3v) is 3.20. The highest BCUT2D eigenvalue weighted by atomic mass is 32.2. The van der Waals surface area contributed by atoms with Gasteiger partial charge < -0.3 is 5.73 Å². The maximum atomic E-state index is 11.4. The third-order valence-electron chi connectivity index (χ3n) is 2.16. The largest absolute Gasteiger partial charge is 0.344 e. The molecular weight excluding hydrogens is 200 g/mol.